The van der Waals surface area contributed by atoms with Crippen LogP contribution in [0.2, 0.25) is 0 Å². The van der Waals surface area contributed by atoms with Crippen LogP contribution in [-0.2, 0) is 11.0 Å². The summed E-state index contributed by atoms with van der Waals surface area (Å²) in [6.45, 7) is 1.51. The Morgan fingerprint density at radius 1 is 1.31 bits per heavy atom. The van der Waals surface area contributed by atoms with Crippen molar-refractivity contribution in [3.05, 3.63) is 35.4 Å². The maximum atomic E-state index is 12.3. The summed E-state index contributed by atoms with van der Waals surface area (Å²) in [6.07, 6.45) is -4.35. The number of rotatable bonds is 3. The van der Waals surface area contributed by atoms with E-state index < -0.39 is 17.7 Å². The van der Waals surface area contributed by atoms with Crippen LogP contribution in [0.4, 0.5) is 13.2 Å². The zero-order valence-electron chi connectivity index (χ0n) is 8.71. The Kier molecular flexibility index (Phi) is 3.70. The van der Waals surface area contributed by atoms with Crippen molar-refractivity contribution in [2.75, 3.05) is 6.54 Å². The number of carbonyl (C=O) groups excluding carboxylic acids is 1. The van der Waals surface area contributed by atoms with Crippen molar-refractivity contribution in [1.29, 1.82) is 0 Å². The van der Waals surface area contributed by atoms with Crippen molar-refractivity contribution in [2.45, 2.75) is 19.0 Å². The van der Waals surface area contributed by atoms with Gasteiger partial charge >= 0.3 is 6.18 Å². The van der Waals surface area contributed by atoms with Gasteiger partial charge in [0.2, 0.25) is 0 Å². The van der Waals surface area contributed by atoms with Gasteiger partial charge in [-0.05, 0) is 17.7 Å². The molecular formula is C11H12F3NO. The minimum Gasteiger partial charge on any atom is -0.324 e. The van der Waals surface area contributed by atoms with Gasteiger partial charge in [-0.3, -0.25) is 4.79 Å². The monoisotopic (exact) mass is 231 g/mol. The molecule has 1 aromatic carbocycles. The number of benzene rings is 1. The molecule has 0 spiro atoms. The van der Waals surface area contributed by atoms with Crippen molar-refractivity contribution in [1.82, 2.24) is 0 Å². The fourth-order valence-electron chi connectivity index (χ4n) is 1.32. The Labute approximate surface area is 91.3 Å². The molecule has 0 saturated carbocycles. The van der Waals surface area contributed by atoms with Crippen LogP contribution in [0, 0.1) is 0 Å². The van der Waals surface area contributed by atoms with Crippen LogP contribution in [0.1, 0.15) is 24.0 Å². The molecule has 1 atom stereocenters. The van der Waals surface area contributed by atoms with Gasteiger partial charge < -0.3 is 5.73 Å². The lowest BCUT2D eigenvalue weighted by Gasteiger charge is -2.11. The maximum absolute atomic E-state index is 12.3. The minimum absolute atomic E-state index is 0.109. The summed E-state index contributed by atoms with van der Waals surface area (Å²) < 4.78 is 36.8. The first kappa shape index (κ1) is 12.7. The number of halogens is 3. The lowest BCUT2D eigenvalue weighted by atomic mass is 9.96. The van der Waals surface area contributed by atoms with E-state index in [9.17, 15) is 18.0 Å². The number of hydrogen-bond donors (Lipinski definition) is 1. The number of Topliss-reactive ketones (excluding diaryl/α,β-unsaturated/α-hetero) is 1. The summed E-state index contributed by atoms with van der Waals surface area (Å²) in [6, 6.07) is 4.55. The molecule has 0 saturated heterocycles. The second-order valence-corrected chi connectivity index (χ2v) is 3.51. The summed E-state index contributed by atoms with van der Waals surface area (Å²) >= 11 is 0. The van der Waals surface area contributed by atoms with Gasteiger partial charge in [-0.15, -0.1) is 0 Å². The summed E-state index contributed by atoms with van der Waals surface area (Å²) in [5, 5.41) is 0. The molecule has 0 aliphatic heterocycles. The van der Waals surface area contributed by atoms with Gasteiger partial charge in [0.05, 0.1) is 12.1 Å². The Morgan fingerprint density at radius 2 is 1.81 bits per heavy atom. The highest BCUT2D eigenvalue weighted by atomic mass is 19.4. The number of nitrogens with two attached hydrogens (primary N) is 1. The largest absolute Gasteiger partial charge is 0.416 e. The molecule has 1 rings (SSSR count). The zero-order valence-corrected chi connectivity index (χ0v) is 8.71. The summed E-state index contributed by atoms with van der Waals surface area (Å²) in [7, 11) is 0. The molecule has 88 valence electrons. The first-order valence-corrected chi connectivity index (χ1v) is 4.76. The predicted molar refractivity (Wildman–Crippen MR) is 53.9 cm³/mol. The van der Waals surface area contributed by atoms with Crippen LogP contribution < -0.4 is 5.73 Å². The van der Waals surface area contributed by atoms with E-state index in [-0.39, 0.29) is 12.3 Å². The van der Waals surface area contributed by atoms with Crippen molar-refractivity contribution < 1.29 is 18.0 Å². The quantitative estimate of drug-likeness (QED) is 0.867. The number of hydrogen-bond acceptors (Lipinski definition) is 2. The fourth-order valence-corrected chi connectivity index (χ4v) is 1.32. The molecule has 0 radical (unpaired) electrons. The van der Waals surface area contributed by atoms with E-state index in [0.29, 0.717) is 5.56 Å². The Morgan fingerprint density at radius 3 is 2.19 bits per heavy atom. The van der Waals surface area contributed by atoms with E-state index in [1.807, 2.05) is 0 Å². The van der Waals surface area contributed by atoms with Gasteiger partial charge in [0.25, 0.3) is 0 Å². The van der Waals surface area contributed by atoms with Crippen LogP contribution in [0.5, 0.6) is 0 Å². The second kappa shape index (κ2) is 4.65. The van der Waals surface area contributed by atoms with Gasteiger partial charge in [0.1, 0.15) is 0 Å². The van der Waals surface area contributed by atoms with E-state index in [2.05, 4.69) is 0 Å². The second-order valence-electron chi connectivity index (χ2n) is 3.51. The highest BCUT2D eigenvalue weighted by Gasteiger charge is 2.30. The average molecular weight is 231 g/mol. The lowest BCUT2D eigenvalue weighted by molar-refractivity contribution is -0.137. The van der Waals surface area contributed by atoms with E-state index >= 15 is 0 Å². The highest BCUT2D eigenvalue weighted by Crippen LogP contribution is 2.30. The molecule has 16 heavy (non-hydrogen) atoms. The van der Waals surface area contributed by atoms with Crippen LogP contribution >= 0.6 is 0 Å². The summed E-state index contributed by atoms with van der Waals surface area (Å²) in [5.74, 6) is -0.660. The van der Waals surface area contributed by atoms with Crippen molar-refractivity contribution in [2.24, 2.45) is 5.73 Å². The van der Waals surface area contributed by atoms with Gasteiger partial charge in [-0.25, -0.2) is 0 Å². The summed E-state index contributed by atoms with van der Waals surface area (Å²) in [5.41, 5.74) is 5.01. The molecule has 2 nitrogen and oxygen atoms in total. The molecule has 2 N–H and O–H groups in total. The zero-order chi connectivity index (χ0) is 12.3. The molecule has 0 fully saturated rings. The van der Waals surface area contributed by atoms with Crippen LogP contribution in [-0.4, -0.2) is 12.3 Å². The molecule has 0 bridgehead atoms. The SMILES string of the molecule is CC(C(=O)CN)c1ccc(C(F)(F)F)cc1. The molecule has 0 amide bonds. The highest BCUT2D eigenvalue weighted by molar-refractivity contribution is 5.86. The van der Waals surface area contributed by atoms with Crippen LogP contribution in [0.15, 0.2) is 24.3 Å². The normalized spacial score (nSPS) is 13.6. The van der Waals surface area contributed by atoms with Crippen molar-refractivity contribution >= 4 is 5.78 Å². The Bertz CT molecular complexity index is 370. The topological polar surface area (TPSA) is 43.1 Å². The fraction of sp³-hybridized carbons (Fsp3) is 0.364. The van der Waals surface area contributed by atoms with E-state index in [1.165, 1.54) is 12.1 Å². The smallest absolute Gasteiger partial charge is 0.324 e. The Balaban J connectivity index is 2.91. The van der Waals surface area contributed by atoms with Gasteiger partial charge in [-0.2, -0.15) is 13.2 Å². The molecule has 0 aliphatic carbocycles. The molecule has 1 unspecified atom stereocenters. The average Bonchev–Trinajstić information content (AvgIpc) is 2.26. The third kappa shape index (κ3) is 2.82. The lowest BCUT2D eigenvalue weighted by Crippen LogP contribution is -2.19. The van der Waals surface area contributed by atoms with Gasteiger partial charge in [-0.1, -0.05) is 19.1 Å². The molecule has 1 aromatic rings. The van der Waals surface area contributed by atoms with Crippen LogP contribution in [0.3, 0.4) is 0 Å². The van der Waals surface area contributed by atoms with E-state index in [0.717, 1.165) is 12.1 Å². The molecular weight excluding hydrogens is 219 g/mol. The van der Waals surface area contributed by atoms with Gasteiger partial charge in [0, 0.05) is 5.92 Å². The minimum atomic E-state index is -4.35. The van der Waals surface area contributed by atoms with Crippen molar-refractivity contribution in [3.8, 4) is 0 Å². The molecule has 0 heterocycles. The maximum Gasteiger partial charge on any atom is 0.416 e. The first-order chi connectivity index (χ1) is 7.36. The molecule has 0 aromatic heterocycles. The van der Waals surface area contributed by atoms with E-state index in [1.54, 1.807) is 6.92 Å². The Hall–Kier alpha value is -1.36. The molecule has 0 aliphatic rings. The standard InChI is InChI=1S/C11H12F3NO/c1-7(10(16)6-15)8-2-4-9(5-3-8)11(12,13)14/h2-5,7H,6,15H2,1H3. The van der Waals surface area contributed by atoms with Crippen molar-refractivity contribution in [3.63, 3.8) is 0 Å². The number of carbonyl (C=O) groups is 1. The predicted octanol–water partition coefficient (Wildman–Crippen LogP) is 2.34. The summed E-state index contributed by atoms with van der Waals surface area (Å²) in [4.78, 5) is 11.2. The first-order valence-electron chi connectivity index (χ1n) is 4.76. The van der Waals surface area contributed by atoms with Gasteiger partial charge in [0.15, 0.2) is 5.78 Å². The van der Waals surface area contributed by atoms with E-state index in [4.69, 9.17) is 5.73 Å². The number of ketones is 1. The molecule has 5 heteroatoms. The number of alkyl halides is 3. The third-order valence-electron chi connectivity index (χ3n) is 2.42. The third-order valence-corrected chi connectivity index (χ3v) is 2.42. The van der Waals surface area contributed by atoms with Crippen LogP contribution in [0.25, 0.3) is 0 Å².